The first-order valence-electron chi connectivity index (χ1n) is 8.54. The van der Waals surface area contributed by atoms with Crippen molar-refractivity contribution in [1.82, 2.24) is 4.90 Å². The third-order valence-electron chi connectivity index (χ3n) is 5.42. The van der Waals surface area contributed by atoms with E-state index in [9.17, 15) is 0 Å². The van der Waals surface area contributed by atoms with Crippen molar-refractivity contribution >= 4 is 0 Å². The molecule has 0 aromatic carbocycles. The van der Waals surface area contributed by atoms with Crippen LogP contribution in [0.1, 0.15) is 72.6 Å². The minimum absolute atomic E-state index is 0.280. The van der Waals surface area contributed by atoms with Gasteiger partial charge in [-0.3, -0.25) is 4.90 Å². The summed E-state index contributed by atoms with van der Waals surface area (Å²) in [5, 5.41) is 0. The molecule has 0 aliphatic carbocycles. The van der Waals surface area contributed by atoms with Crippen LogP contribution in [0.2, 0.25) is 0 Å². The molecular formula is C17H36N2. The van der Waals surface area contributed by atoms with E-state index in [2.05, 4.69) is 32.6 Å². The normalized spacial score (nSPS) is 25.3. The van der Waals surface area contributed by atoms with Gasteiger partial charge in [-0.15, -0.1) is 0 Å². The second-order valence-electron chi connectivity index (χ2n) is 6.81. The fraction of sp³-hybridized carbons (Fsp3) is 1.00. The molecule has 1 saturated heterocycles. The molecule has 0 bridgehead atoms. The van der Waals surface area contributed by atoms with Gasteiger partial charge in [-0.05, 0) is 57.0 Å². The van der Waals surface area contributed by atoms with E-state index in [4.69, 9.17) is 5.73 Å². The average Bonchev–Trinajstić information content (AvgIpc) is 2.67. The van der Waals surface area contributed by atoms with Crippen LogP contribution in [0.3, 0.4) is 0 Å². The molecule has 2 nitrogen and oxygen atoms in total. The van der Waals surface area contributed by atoms with Crippen LogP contribution in [0, 0.1) is 11.8 Å². The molecule has 1 rings (SSSR count). The summed E-state index contributed by atoms with van der Waals surface area (Å²) in [7, 11) is 0. The molecular weight excluding hydrogens is 232 g/mol. The summed E-state index contributed by atoms with van der Waals surface area (Å²) in [4.78, 5) is 2.74. The largest absolute Gasteiger partial charge is 0.329 e. The van der Waals surface area contributed by atoms with E-state index in [0.29, 0.717) is 0 Å². The van der Waals surface area contributed by atoms with Crippen molar-refractivity contribution in [2.45, 2.75) is 78.2 Å². The van der Waals surface area contributed by atoms with E-state index in [0.717, 1.165) is 18.4 Å². The van der Waals surface area contributed by atoms with Gasteiger partial charge in [-0.1, -0.05) is 40.5 Å². The minimum atomic E-state index is 0.280. The lowest BCUT2D eigenvalue weighted by Gasteiger charge is -2.43. The second kappa shape index (κ2) is 8.26. The molecule has 1 aliphatic rings. The number of likely N-dealkylation sites (tertiary alicyclic amines) is 1. The Hall–Kier alpha value is -0.0800. The van der Waals surface area contributed by atoms with Crippen molar-refractivity contribution in [1.29, 1.82) is 0 Å². The second-order valence-corrected chi connectivity index (χ2v) is 6.81. The lowest BCUT2D eigenvalue weighted by atomic mass is 9.87. The monoisotopic (exact) mass is 268 g/mol. The van der Waals surface area contributed by atoms with Crippen molar-refractivity contribution in [2.75, 3.05) is 19.6 Å². The molecule has 1 aliphatic heterocycles. The van der Waals surface area contributed by atoms with Crippen LogP contribution in [0.15, 0.2) is 0 Å². The van der Waals surface area contributed by atoms with Gasteiger partial charge in [0.15, 0.2) is 0 Å². The molecule has 0 amide bonds. The molecule has 1 heterocycles. The van der Waals surface area contributed by atoms with E-state index < -0.39 is 0 Å². The fourth-order valence-electron chi connectivity index (χ4n) is 3.70. The standard InChI is InChI=1S/C17H36N2/c1-5-7-11-17(6-2,14-18)19-12-8-9-16(10-13-19)15(3)4/h15-16H,5-14,18H2,1-4H3. The van der Waals surface area contributed by atoms with Crippen LogP contribution >= 0.6 is 0 Å². The maximum absolute atomic E-state index is 6.19. The Kier molecular flexibility index (Phi) is 7.38. The summed E-state index contributed by atoms with van der Waals surface area (Å²) in [6.45, 7) is 12.7. The summed E-state index contributed by atoms with van der Waals surface area (Å²) < 4.78 is 0. The highest BCUT2D eigenvalue weighted by Crippen LogP contribution is 2.31. The van der Waals surface area contributed by atoms with Crippen LogP contribution in [-0.2, 0) is 0 Å². The molecule has 0 spiro atoms. The molecule has 1 fully saturated rings. The molecule has 0 aromatic heterocycles. The summed E-state index contributed by atoms with van der Waals surface area (Å²) in [6, 6.07) is 0. The molecule has 114 valence electrons. The first-order chi connectivity index (χ1) is 9.09. The van der Waals surface area contributed by atoms with Crippen molar-refractivity contribution in [3.63, 3.8) is 0 Å². The van der Waals surface area contributed by atoms with Gasteiger partial charge in [0, 0.05) is 12.1 Å². The molecule has 2 unspecified atom stereocenters. The van der Waals surface area contributed by atoms with E-state index in [1.165, 1.54) is 58.0 Å². The molecule has 2 heteroatoms. The van der Waals surface area contributed by atoms with Gasteiger partial charge in [-0.25, -0.2) is 0 Å². The minimum Gasteiger partial charge on any atom is -0.329 e. The van der Waals surface area contributed by atoms with Crippen molar-refractivity contribution in [2.24, 2.45) is 17.6 Å². The molecule has 2 N–H and O–H groups in total. The fourth-order valence-corrected chi connectivity index (χ4v) is 3.70. The van der Waals surface area contributed by atoms with Crippen LogP contribution in [0.5, 0.6) is 0 Å². The summed E-state index contributed by atoms with van der Waals surface area (Å²) in [5.41, 5.74) is 6.47. The quantitative estimate of drug-likeness (QED) is 0.755. The Morgan fingerprint density at radius 3 is 2.47 bits per heavy atom. The van der Waals surface area contributed by atoms with E-state index in [-0.39, 0.29) is 5.54 Å². The van der Waals surface area contributed by atoms with Gasteiger partial charge >= 0.3 is 0 Å². The molecule has 0 radical (unpaired) electrons. The Morgan fingerprint density at radius 1 is 1.21 bits per heavy atom. The van der Waals surface area contributed by atoms with Crippen molar-refractivity contribution in [3.05, 3.63) is 0 Å². The Morgan fingerprint density at radius 2 is 1.95 bits per heavy atom. The third kappa shape index (κ3) is 4.46. The SMILES string of the molecule is CCCCC(CC)(CN)N1CCCC(C(C)C)CC1. The lowest BCUT2D eigenvalue weighted by Crippen LogP contribution is -2.54. The number of hydrogen-bond donors (Lipinski definition) is 1. The van der Waals surface area contributed by atoms with E-state index in [1.807, 2.05) is 0 Å². The average molecular weight is 268 g/mol. The number of hydrogen-bond acceptors (Lipinski definition) is 2. The first-order valence-corrected chi connectivity index (χ1v) is 8.54. The van der Waals surface area contributed by atoms with Gasteiger partial charge in [0.2, 0.25) is 0 Å². The van der Waals surface area contributed by atoms with Gasteiger partial charge in [0.25, 0.3) is 0 Å². The molecule has 0 aromatic rings. The topological polar surface area (TPSA) is 29.3 Å². The Balaban J connectivity index is 2.68. The predicted molar refractivity (Wildman–Crippen MR) is 85.4 cm³/mol. The van der Waals surface area contributed by atoms with Gasteiger partial charge in [-0.2, -0.15) is 0 Å². The summed E-state index contributed by atoms with van der Waals surface area (Å²) in [5.74, 6) is 1.76. The van der Waals surface area contributed by atoms with Crippen LogP contribution in [0.4, 0.5) is 0 Å². The third-order valence-corrected chi connectivity index (χ3v) is 5.42. The Labute approximate surface area is 121 Å². The molecule has 19 heavy (non-hydrogen) atoms. The zero-order valence-corrected chi connectivity index (χ0v) is 13.8. The van der Waals surface area contributed by atoms with Gasteiger partial charge < -0.3 is 5.73 Å². The number of nitrogens with two attached hydrogens (primary N) is 1. The predicted octanol–water partition coefficient (Wildman–Crippen LogP) is 4.04. The molecule has 0 saturated carbocycles. The lowest BCUT2D eigenvalue weighted by molar-refractivity contribution is 0.0799. The maximum Gasteiger partial charge on any atom is 0.0329 e. The first kappa shape index (κ1) is 17.0. The van der Waals surface area contributed by atoms with Crippen molar-refractivity contribution < 1.29 is 0 Å². The zero-order chi connectivity index (χ0) is 14.3. The maximum atomic E-state index is 6.19. The number of nitrogens with zero attached hydrogens (tertiary/aromatic N) is 1. The highest BCUT2D eigenvalue weighted by atomic mass is 15.2. The highest BCUT2D eigenvalue weighted by molar-refractivity contribution is 4.92. The zero-order valence-electron chi connectivity index (χ0n) is 13.8. The van der Waals surface area contributed by atoms with Gasteiger partial charge in [0.05, 0.1) is 0 Å². The van der Waals surface area contributed by atoms with Crippen LogP contribution in [0.25, 0.3) is 0 Å². The number of rotatable bonds is 7. The highest BCUT2D eigenvalue weighted by Gasteiger charge is 2.34. The van der Waals surface area contributed by atoms with Crippen molar-refractivity contribution in [3.8, 4) is 0 Å². The summed E-state index contributed by atoms with van der Waals surface area (Å²) >= 11 is 0. The van der Waals surface area contributed by atoms with E-state index >= 15 is 0 Å². The van der Waals surface area contributed by atoms with Crippen LogP contribution in [-0.4, -0.2) is 30.1 Å². The molecule has 2 atom stereocenters. The summed E-state index contributed by atoms with van der Waals surface area (Å²) in [6.07, 6.45) is 9.21. The van der Waals surface area contributed by atoms with E-state index in [1.54, 1.807) is 0 Å². The van der Waals surface area contributed by atoms with Gasteiger partial charge in [0.1, 0.15) is 0 Å². The smallest absolute Gasteiger partial charge is 0.0329 e. The Bertz CT molecular complexity index is 233. The van der Waals surface area contributed by atoms with Crippen LogP contribution < -0.4 is 5.73 Å². The number of unbranched alkanes of at least 4 members (excludes halogenated alkanes) is 1.